The molecule has 4 rings (SSSR count). The van der Waals surface area contributed by atoms with E-state index in [9.17, 15) is 13.2 Å². The average molecular weight is 460 g/mol. The third-order valence-corrected chi connectivity index (χ3v) is 7.84. The van der Waals surface area contributed by atoms with Crippen molar-refractivity contribution in [3.63, 3.8) is 0 Å². The van der Waals surface area contributed by atoms with Crippen LogP contribution in [0.15, 0.2) is 53.4 Å². The van der Waals surface area contributed by atoms with Gasteiger partial charge in [0.05, 0.1) is 10.9 Å². The number of benzene rings is 2. The summed E-state index contributed by atoms with van der Waals surface area (Å²) in [4.78, 5) is 14.9. The Balaban J connectivity index is 1.32. The van der Waals surface area contributed by atoms with Crippen LogP contribution < -0.4 is 14.8 Å². The fraction of sp³-hybridized carbons (Fsp3) is 0.435. The van der Waals surface area contributed by atoms with E-state index in [4.69, 9.17) is 9.47 Å². The molecule has 1 N–H and O–H groups in total. The zero-order valence-corrected chi connectivity index (χ0v) is 19.2. The van der Waals surface area contributed by atoms with Gasteiger partial charge in [-0.1, -0.05) is 12.1 Å². The molecule has 32 heavy (non-hydrogen) atoms. The van der Waals surface area contributed by atoms with E-state index in [-0.39, 0.29) is 16.9 Å². The molecular weight excluding hydrogens is 430 g/mol. The maximum atomic E-state index is 12.7. The lowest BCUT2D eigenvalue weighted by Gasteiger charge is -2.31. The quantitative estimate of drug-likeness (QED) is 0.685. The second kappa shape index (κ2) is 9.48. The summed E-state index contributed by atoms with van der Waals surface area (Å²) in [5, 5.41) is 2.86. The molecule has 2 heterocycles. The lowest BCUT2D eigenvalue weighted by atomic mass is 10.2. The summed E-state index contributed by atoms with van der Waals surface area (Å²) in [6.45, 7) is 3.88. The summed E-state index contributed by atoms with van der Waals surface area (Å²) >= 11 is 0. The van der Waals surface area contributed by atoms with Crippen LogP contribution >= 0.6 is 0 Å². The number of fused-ring (bicyclic) bond motifs is 1. The van der Waals surface area contributed by atoms with Crippen molar-refractivity contribution in [2.75, 3.05) is 38.6 Å². The first-order valence-electron chi connectivity index (χ1n) is 10.8. The Morgan fingerprint density at radius 3 is 2.47 bits per heavy atom. The molecule has 1 saturated heterocycles. The molecule has 9 heteroatoms. The largest absolute Gasteiger partial charge is 0.486 e. The zero-order chi connectivity index (χ0) is 22.7. The molecule has 0 saturated carbocycles. The molecule has 1 amide bonds. The predicted molar refractivity (Wildman–Crippen MR) is 122 cm³/mol. The Bertz CT molecular complexity index is 1050. The minimum absolute atomic E-state index is 0.180. The molecule has 172 valence electrons. The Morgan fingerprint density at radius 2 is 1.78 bits per heavy atom. The summed E-state index contributed by atoms with van der Waals surface area (Å²) in [6, 6.07) is 13.5. The summed E-state index contributed by atoms with van der Waals surface area (Å²) in [7, 11) is -1.60. The molecule has 0 aliphatic carbocycles. The minimum Gasteiger partial charge on any atom is -0.486 e. The van der Waals surface area contributed by atoms with E-state index in [1.165, 1.54) is 4.31 Å². The number of amides is 1. The number of hydrogen-bond acceptors (Lipinski definition) is 6. The van der Waals surface area contributed by atoms with E-state index in [1.807, 2.05) is 43.1 Å². The summed E-state index contributed by atoms with van der Waals surface area (Å²) in [5.74, 6) is 1.25. The molecule has 1 fully saturated rings. The van der Waals surface area contributed by atoms with E-state index in [2.05, 4.69) is 5.32 Å². The van der Waals surface area contributed by atoms with Crippen LogP contribution in [0.2, 0.25) is 0 Å². The average Bonchev–Trinajstić information content (AvgIpc) is 3.35. The Kier molecular flexibility index (Phi) is 6.68. The Morgan fingerprint density at radius 1 is 1.12 bits per heavy atom. The molecule has 0 bridgehead atoms. The lowest BCUT2D eigenvalue weighted by Crippen LogP contribution is -2.46. The first-order chi connectivity index (χ1) is 15.3. The predicted octanol–water partition coefficient (Wildman–Crippen LogP) is 2.57. The van der Waals surface area contributed by atoms with Gasteiger partial charge in [-0.3, -0.25) is 9.69 Å². The second-order valence-electron chi connectivity index (χ2n) is 8.24. The van der Waals surface area contributed by atoms with Crippen LogP contribution in [-0.2, 0) is 14.8 Å². The van der Waals surface area contributed by atoms with Crippen molar-refractivity contribution in [2.45, 2.75) is 36.8 Å². The summed E-state index contributed by atoms with van der Waals surface area (Å²) < 4.78 is 38.5. The van der Waals surface area contributed by atoms with Crippen LogP contribution in [0.25, 0.3) is 0 Å². The zero-order valence-electron chi connectivity index (χ0n) is 18.4. The van der Waals surface area contributed by atoms with Crippen LogP contribution in [-0.4, -0.2) is 69.0 Å². The molecular formula is C23H29N3O5S. The number of rotatable bonds is 7. The first kappa shape index (κ1) is 22.6. The number of hydrogen-bond donors (Lipinski definition) is 1. The molecule has 8 nitrogen and oxygen atoms in total. The minimum atomic E-state index is -3.46. The van der Waals surface area contributed by atoms with E-state index in [0.717, 1.165) is 18.6 Å². The van der Waals surface area contributed by atoms with Gasteiger partial charge in [-0.05, 0) is 63.2 Å². The smallest absolute Gasteiger partial charge is 0.243 e. The van der Waals surface area contributed by atoms with Gasteiger partial charge >= 0.3 is 0 Å². The van der Waals surface area contributed by atoms with Crippen molar-refractivity contribution in [1.29, 1.82) is 0 Å². The molecule has 0 spiro atoms. The molecule has 0 radical (unpaired) electrons. The van der Waals surface area contributed by atoms with Crippen LogP contribution in [0, 0.1) is 0 Å². The highest BCUT2D eigenvalue weighted by Gasteiger charge is 2.28. The van der Waals surface area contributed by atoms with Crippen molar-refractivity contribution in [1.82, 2.24) is 9.21 Å². The number of nitrogens with one attached hydrogen (secondary N) is 1. The van der Waals surface area contributed by atoms with Gasteiger partial charge in [0.25, 0.3) is 0 Å². The number of likely N-dealkylation sites (N-methyl/N-ethyl adjacent to an activating group) is 1. The van der Waals surface area contributed by atoms with Crippen molar-refractivity contribution in [3.8, 4) is 11.5 Å². The number of carbonyl (C=O) groups excluding carboxylic acids is 1. The Hall–Kier alpha value is -2.62. The van der Waals surface area contributed by atoms with Gasteiger partial charge in [-0.25, -0.2) is 8.42 Å². The number of sulfonamides is 1. The van der Waals surface area contributed by atoms with E-state index in [1.54, 1.807) is 24.3 Å². The highest BCUT2D eigenvalue weighted by atomic mass is 32.2. The van der Waals surface area contributed by atoms with Gasteiger partial charge in [0.2, 0.25) is 15.9 Å². The summed E-state index contributed by atoms with van der Waals surface area (Å²) in [6.07, 6.45) is 1.60. The van der Waals surface area contributed by atoms with Gasteiger partial charge in [-0.2, -0.15) is 4.31 Å². The van der Waals surface area contributed by atoms with E-state index >= 15 is 0 Å². The molecule has 2 aromatic rings. The number of nitrogens with zero attached hydrogens (tertiary/aromatic N) is 2. The highest BCUT2D eigenvalue weighted by molar-refractivity contribution is 7.89. The third-order valence-electron chi connectivity index (χ3n) is 5.92. The highest BCUT2D eigenvalue weighted by Crippen LogP contribution is 2.31. The summed E-state index contributed by atoms with van der Waals surface area (Å²) in [5.41, 5.74) is 0.557. The van der Waals surface area contributed by atoms with Gasteiger partial charge in [-0.15, -0.1) is 0 Å². The monoisotopic (exact) mass is 459 g/mol. The topological polar surface area (TPSA) is 88.2 Å². The maximum Gasteiger partial charge on any atom is 0.243 e. The van der Waals surface area contributed by atoms with E-state index in [0.29, 0.717) is 37.7 Å². The molecule has 0 aromatic heterocycles. The Labute approximate surface area is 189 Å². The second-order valence-corrected chi connectivity index (χ2v) is 10.2. The van der Waals surface area contributed by atoms with E-state index < -0.39 is 16.1 Å². The van der Waals surface area contributed by atoms with Gasteiger partial charge in [0.1, 0.15) is 12.7 Å². The fourth-order valence-corrected chi connectivity index (χ4v) is 5.38. The number of anilines is 1. The molecule has 2 aliphatic rings. The normalized spacial score (nSPS) is 19.7. The van der Waals surface area contributed by atoms with Crippen LogP contribution in [0.5, 0.6) is 11.5 Å². The van der Waals surface area contributed by atoms with Crippen LogP contribution in [0.1, 0.15) is 19.8 Å². The number of ether oxygens (including phenoxy) is 2. The number of carbonyl (C=O) groups is 1. The molecule has 0 unspecified atom stereocenters. The third kappa shape index (κ3) is 4.90. The van der Waals surface area contributed by atoms with Crippen molar-refractivity contribution in [3.05, 3.63) is 48.5 Å². The van der Waals surface area contributed by atoms with Crippen LogP contribution in [0.4, 0.5) is 5.69 Å². The molecule has 2 aliphatic heterocycles. The lowest BCUT2D eigenvalue weighted by molar-refractivity contribution is -0.120. The molecule has 2 aromatic carbocycles. The maximum absolute atomic E-state index is 12.7. The van der Waals surface area contributed by atoms with Gasteiger partial charge < -0.3 is 14.8 Å². The standard InChI is InChI=1S/C23H29N3O5S/c1-17(25(2)15-19-16-30-21-7-3-4-8-22(21)31-19)23(27)24-18-9-11-20(12-10-18)32(28,29)26-13-5-6-14-26/h3-4,7-12,17,19H,5-6,13-16H2,1-2H3,(H,24,27)/t17-,19+/m0/s1. The van der Waals surface area contributed by atoms with Gasteiger partial charge in [0.15, 0.2) is 11.5 Å². The number of para-hydroxylation sites is 2. The van der Waals surface area contributed by atoms with Crippen LogP contribution in [0.3, 0.4) is 0 Å². The SMILES string of the molecule is C[C@@H](C(=O)Nc1ccc(S(=O)(=O)N2CCCC2)cc1)N(C)C[C@@H]1COc2ccccc2O1. The van der Waals surface area contributed by atoms with Gasteiger partial charge in [0, 0.05) is 25.3 Å². The van der Waals surface area contributed by atoms with Crippen molar-refractivity contribution in [2.24, 2.45) is 0 Å². The first-order valence-corrected chi connectivity index (χ1v) is 12.3. The fourth-order valence-electron chi connectivity index (χ4n) is 3.87. The van der Waals surface area contributed by atoms with Crippen molar-refractivity contribution >= 4 is 21.6 Å². The molecule has 2 atom stereocenters. The van der Waals surface area contributed by atoms with Crippen molar-refractivity contribution < 1.29 is 22.7 Å².